The number of carboxylic acid groups (broad SMARTS) is 1. The van der Waals surface area contributed by atoms with Crippen molar-refractivity contribution in [3.05, 3.63) is 71.8 Å². The Morgan fingerprint density at radius 1 is 1.10 bits per heavy atom. The molecule has 3 aromatic rings. The molecule has 0 aliphatic rings. The summed E-state index contributed by atoms with van der Waals surface area (Å²) in [6.07, 6.45) is -1.41. The van der Waals surface area contributed by atoms with Gasteiger partial charge in [-0.3, -0.25) is 14.6 Å². The van der Waals surface area contributed by atoms with Crippen LogP contribution in [-0.4, -0.2) is 68.5 Å². The maximum atomic E-state index is 14.1. The second-order valence-corrected chi connectivity index (χ2v) is 10.4. The van der Waals surface area contributed by atoms with E-state index in [1.807, 2.05) is 0 Å². The molecule has 5 N–H and O–H groups in total. The summed E-state index contributed by atoms with van der Waals surface area (Å²) in [5.41, 5.74) is 5.88. The number of amides is 2. The predicted octanol–water partition coefficient (Wildman–Crippen LogP) is 2.76. The molecular weight excluding hydrogens is 551 g/mol. The number of hydrogen-bond acceptors (Lipinski definition) is 9. The van der Waals surface area contributed by atoms with Crippen LogP contribution in [0.5, 0.6) is 0 Å². The molecule has 13 heteroatoms. The molecule has 1 aromatic heterocycles. The van der Waals surface area contributed by atoms with E-state index in [1.165, 1.54) is 24.4 Å². The Bertz CT molecular complexity index is 1430. The first-order valence-electron chi connectivity index (χ1n) is 13.1. The minimum Gasteiger partial charge on any atom is -0.479 e. The van der Waals surface area contributed by atoms with Gasteiger partial charge in [-0.1, -0.05) is 24.3 Å². The van der Waals surface area contributed by atoms with Gasteiger partial charge in [0.25, 0.3) is 5.91 Å². The Morgan fingerprint density at radius 3 is 2.45 bits per heavy atom. The summed E-state index contributed by atoms with van der Waals surface area (Å²) in [6.45, 7) is 2.12. The van der Waals surface area contributed by atoms with Crippen molar-refractivity contribution >= 4 is 35.0 Å². The molecule has 42 heavy (non-hydrogen) atoms. The van der Waals surface area contributed by atoms with E-state index in [1.54, 1.807) is 44.2 Å². The number of carbonyl (C=O) groups is 4. The number of fused-ring (bicyclic) bond motifs is 1. The van der Waals surface area contributed by atoms with Crippen molar-refractivity contribution < 1.29 is 43.3 Å². The van der Waals surface area contributed by atoms with Crippen LogP contribution in [0, 0.1) is 11.7 Å². The zero-order chi connectivity index (χ0) is 30.9. The quantitative estimate of drug-likeness (QED) is 0.205. The van der Waals surface area contributed by atoms with Crippen LogP contribution in [0.3, 0.4) is 0 Å². The number of ether oxygens (including phenoxy) is 2. The molecule has 0 spiro atoms. The Hall–Kier alpha value is -4.65. The van der Waals surface area contributed by atoms with Crippen LogP contribution in [0.4, 0.5) is 9.18 Å². The summed E-state index contributed by atoms with van der Waals surface area (Å²) in [4.78, 5) is 57.7. The number of carbonyl (C=O) groups excluding carboxylic acids is 3. The number of nitrogens with zero attached hydrogens (tertiary/aromatic N) is 2. The normalized spacial score (nSPS) is 13.5. The Labute approximate surface area is 241 Å². The minimum absolute atomic E-state index is 0.0568. The third-order valence-electron chi connectivity index (χ3n) is 6.38. The van der Waals surface area contributed by atoms with Crippen LogP contribution in [0.15, 0.2) is 54.7 Å². The van der Waals surface area contributed by atoms with E-state index in [2.05, 4.69) is 20.0 Å². The molecule has 0 radical (unpaired) electrons. The van der Waals surface area contributed by atoms with Crippen LogP contribution in [-0.2, 0) is 25.5 Å². The van der Waals surface area contributed by atoms with Crippen LogP contribution >= 0.6 is 0 Å². The topological polar surface area (TPSA) is 191 Å². The lowest BCUT2D eigenvalue weighted by molar-refractivity contribution is -0.141. The van der Waals surface area contributed by atoms with Crippen LogP contribution < -0.4 is 11.1 Å². The second-order valence-electron chi connectivity index (χ2n) is 10.4. The summed E-state index contributed by atoms with van der Waals surface area (Å²) in [5.74, 6) is -4.35. The van der Waals surface area contributed by atoms with Gasteiger partial charge in [-0.2, -0.15) is 0 Å². The fourth-order valence-electron chi connectivity index (χ4n) is 4.26. The lowest BCUT2D eigenvalue weighted by Crippen LogP contribution is -2.48. The average molecular weight is 585 g/mol. The molecule has 224 valence electrons. The number of nitrogens with two attached hydrogens (primary N) is 1. The number of primary amides is 1. The Balaban J connectivity index is 1.97. The lowest BCUT2D eigenvalue weighted by atomic mass is 9.87. The highest BCUT2D eigenvalue weighted by Crippen LogP contribution is 2.24. The molecule has 3 rings (SSSR count). The summed E-state index contributed by atoms with van der Waals surface area (Å²) >= 11 is 0. The van der Waals surface area contributed by atoms with Gasteiger partial charge >= 0.3 is 12.1 Å². The summed E-state index contributed by atoms with van der Waals surface area (Å²) in [5, 5.41) is 21.8. The highest BCUT2D eigenvalue weighted by Gasteiger charge is 2.34. The fraction of sp³-hybridized carbons (Fsp3) is 0.379. The molecule has 1 heterocycles. The molecule has 0 saturated heterocycles. The van der Waals surface area contributed by atoms with E-state index >= 15 is 0 Å². The van der Waals surface area contributed by atoms with Gasteiger partial charge in [-0.15, -0.1) is 0 Å². The zero-order valence-corrected chi connectivity index (χ0v) is 23.2. The largest absolute Gasteiger partial charge is 0.509 e. The number of aliphatic carboxylic acids is 1. The van der Waals surface area contributed by atoms with Gasteiger partial charge in [-0.05, 0) is 69.4 Å². The van der Waals surface area contributed by atoms with Gasteiger partial charge < -0.3 is 30.7 Å². The van der Waals surface area contributed by atoms with E-state index in [9.17, 15) is 28.7 Å². The number of nitrogens with one attached hydrogen (secondary N) is 1. The third-order valence-corrected chi connectivity index (χ3v) is 6.38. The monoisotopic (exact) mass is 584 g/mol. The number of rotatable bonds is 14. The van der Waals surface area contributed by atoms with Crippen molar-refractivity contribution in [2.75, 3.05) is 6.61 Å². The second kappa shape index (κ2) is 14.3. The van der Waals surface area contributed by atoms with E-state index in [4.69, 9.17) is 15.6 Å². The van der Waals surface area contributed by atoms with Gasteiger partial charge in [0.15, 0.2) is 6.61 Å². The average Bonchev–Trinajstić information content (AvgIpc) is 2.92. The number of halogens is 1. The highest BCUT2D eigenvalue weighted by molar-refractivity contribution is 5.94. The lowest BCUT2D eigenvalue weighted by Gasteiger charge is -2.30. The predicted molar refractivity (Wildman–Crippen MR) is 148 cm³/mol. The van der Waals surface area contributed by atoms with Gasteiger partial charge in [0.1, 0.15) is 17.6 Å². The number of benzene rings is 2. The molecule has 2 aromatic carbocycles. The number of carboxylic acids is 1. The van der Waals surface area contributed by atoms with Crippen molar-refractivity contribution in [3.8, 4) is 0 Å². The van der Waals surface area contributed by atoms with Crippen molar-refractivity contribution in [1.29, 1.82) is 0 Å². The van der Waals surface area contributed by atoms with Gasteiger partial charge in [0.2, 0.25) is 5.91 Å². The van der Waals surface area contributed by atoms with Crippen LogP contribution in [0.1, 0.15) is 49.2 Å². The molecule has 2 unspecified atom stereocenters. The van der Waals surface area contributed by atoms with E-state index in [0.29, 0.717) is 16.6 Å². The van der Waals surface area contributed by atoms with Gasteiger partial charge in [0, 0.05) is 5.92 Å². The van der Waals surface area contributed by atoms with Gasteiger partial charge in [-0.25, -0.2) is 19.0 Å². The first-order chi connectivity index (χ1) is 19.8. The number of para-hydroxylation sites is 2. The molecule has 3 atom stereocenters. The SMILES string of the molecule is CC(C)(O)CCC(CC(OC(=O)OCC(=O)O)[C@H](Cc1cccc(F)c1)NC(=O)c1cnc2ccccc2n1)C(N)=O. The Kier molecular flexibility index (Phi) is 10.9. The fourth-order valence-corrected chi connectivity index (χ4v) is 4.26. The van der Waals surface area contributed by atoms with E-state index in [-0.39, 0.29) is 31.4 Å². The molecule has 0 aliphatic carbocycles. The first kappa shape index (κ1) is 31.9. The third kappa shape index (κ3) is 10.1. The molecule has 0 saturated carbocycles. The highest BCUT2D eigenvalue weighted by atomic mass is 19.1. The van der Waals surface area contributed by atoms with Crippen molar-refractivity contribution in [2.45, 2.75) is 57.3 Å². The maximum absolute atomic E-state index is 14.1. The smallest absolute Gasteiger partial charge is 0.479 e. The van der Waals surface area contributed by atoms with E-state index < -0.39 is 60.0 Å². The first-order valence-corrected chi connectivity index (χ1v) is 13.1. The van der Waals surface area contributed by atoms with Crippen LogP contribution in [0.25, 0.3) is 11.0 Å². The van der Waals surface area contributed by atoms with Gasteiger partial charge in [0.05, 0.1) is 28.9 Å². The summed E-state index contributed by atoms with van der Waals surface area (Å²) < 4.78 is 24.1. The standard InChI is InChI=1S/C29H33FN4O8/c1-29(2,40)11-10-18(26(31)37)14-24(42-28(39)41-16-25(35)36)22(13-17-6-5-7-19(30)12-17)34-27(38)23-15-32-20-8-3-4-9-21(20)33-23/h3-9,12,15,18,22,24,40H,10-11,13-14,16H2,1-2H3,(H2,31,37)(H,34,38)(H,35,36)/t18?,22-,24?/m0/s1. The number of aromatic nitrogens is 2. The van der Waals surface area contributed by atoms with Crippen molar-refractivity contribution in [1.82, 2.24) is 15.3 Å². The molecule has 12 nitrogen and oxygen atoms in total. The molecule has 2 amide bonds. The Morgan fingerprint density at radius 2 is 1.81 bits per heavy atom. The van der Waals surface area contributed by atoms with Crippen LogP contribution in [0.2, 0.25) is 0 Å². The van der Waals surface area contributed by atoms with E-state index in [0.717, 1.165) is 0 Å². The maximum Gasteiger partial charge on any atom is 0.509 e. The number of aliphatic hydroxyl groups is 1. The molecule has 0 aliphatic heterocycles. The number of hydrogen-bond donors (Lipinski definition) is 4. The summed E-state index contributed by atoms with van der Waals surface area (Å²) in [6, 6.07) is 11.3. The molecule has 0 bridgehead atoms. The van der Waals surface area contributed by atoms with Crippen molar-refractivity contribution in [3.63, 3.8) is 0 Å². The molecular formula is C29H33FN4O8. The zero-order valence-electron chi connectivity index (χ0n) is 23.2. The molecule has 0 fully saturated rings. The summed E-state index contributed by atoms with van der Waals surface area (Å²) in [7, 11) is 0. The minimum atomic E-state index is -1.43. The van der Waals surface area contributed by atoms with Crippen molar-refractivity contribution in [2.24, 2.45) is 11.7 Å².